The largest absolute Gasteiger partial charge is 0.478 e. The van der Waals surface area contributed by atoms with Crippen LogP contribution in [0.1, 0.15) is 51.9 Å². The highest BCUT2D eigenvalue weighted by Gasteiger charge is 2.64. The number of ether oxygens (including phenoxy) is 1. The predicted octanol–water partition coefficient (Wildman–Crippen LogP) is 2.90. The first-order valence-electron chi connectivity index (χ1n) is 6.77. The minimum atomic E-state index is -0.744. The molecule has 2 unspecified atom stereocenters. The van der Waals surface area contributed by atoms with E-state index in [-0.39, 0.29) is 5.60 Å². The standard InChI is InChI=1S/C14H20O3/c1-9-11(13(15)16)7-8-12-14(9,17-12)10-5-3-2-4-6-10/h10,12H,2-8H2,1H3,(H,15,16). The fourth-order valence-corrected chi connectivity index (χ4v) is 3.97. The van der Waals surface area contributed by atoms with Gasteiger partial charge in [-0.1, -0.05) is 19.3 Å². The first-order chi connectivity index (χ1) is 8.16. The molecule has 0 aromatic rings. The summed E-state index contributed by atoms with van der Waals surface area (Å²) in [5.74, 6) is -0.178. The highest BCUT2D eigenvalue weighted by atomic mass is 16.6. The van der Waals surface area contributed by atoms with E-state index in [9.17, 15) is 9.90 Å². The average molecular weight is 236 g/mol. The Morgan fingerprint density at radius 1 is 1.29 bits per heavy atom. The monoisotopic (exact) mass is 236 g/mol. The van der Waals surface area contributed by atoms with Crippen LogP contribution in [0, 0.1) is 5.92 Å². The molecule has 0 aromatic carbocycles. The van der Waals surface area contributed by atoms with Crippen molar-refractivity contribution in [3.63, 3.8) is 0 Å². The van der Waals surface area contributed by atoms with Crippen molar-refractivity contribution in [3.8, 4) is 0 Å². The molecule has 1 N–H and O–H groups in total. The lowest BCUT2D eigenvalue weighted by molar-refractivity contribution is -0.133. The van der Waals surface area contributed by atoms with E-state index in [0.717, 1.165) is 12.0 Å². The summed E-state index contributed by atoms with van der Waals surface area (Å²) >= 11 is 0. The first kappa shape index (κ1) is 11.3. The molecule has 3 nitrogen and oxygen atoms in total. The van der Waals surface area contributed by atoms with Crippen molar-refractivity contribution in [2.45, 2.75) is 63.6 Å². The number of carboxylic acids is 1. The number of carbonyl (C=O) groups is 1. The zero-order valence-electron chi connectivity index (χ0n) is 10.4. The summed E-state index contributed by atoms with van der Waals surface area (Å²) in [6.07, 6.45) is 8.19. The van der Waals surface area contributed by atoms with E-state index in [1.165, 1.54) is 32.1 Å². The molecule has 3 rings (SSSR count). The fraction of sp³-hybridized carbons (Fsp3) is 0.786. The summed E-state index contributed by atoms with van der Waals surface area (Å²) in [5.41, 5.74) is 1.46. The summed E-state index contributed by atoms with van der Waals surface area (Å²) < 4.78 is 5.98. The van der Waals surface area contributed by atoms with E-state index in [0.29, 0.717) is 24.0 Å². The van der Waals surface area contributed by atoms with Crippen LogP contribution in [-0.4, -0.2) is 22.8 Å². The maximum atomic E-state index is 11.2. The summed E-state index contributed by atoms with van der Waals surface area (Å²) in [4.78, 5) is 11.2. The third-order valence-corrected chi connectivity index (χ3v) is 4.92. The third kappa shape index (κ3) is 1.55. The molecule has 1 heterocycles. The second kappa shape index (κ2) is 3.84. The van der Waals surface area contributed by atoms with Gasteiger partial charge in [0, 0.05) is 5.57 Å². The van der Waals surface area contributed by atoms with Crippen LogP contribution >= 0.6 is 0 Å². The van der Waals surface area contributed by atoms with Gasteiger partial charge in [0.2, 0.25) is 0 Å². The number of aliphatic carboxylic acids is 1. The highest BCUT2D eigenvalue weighted by Crippen LogP contribution is 2.58. The number of hydrogen-bond donors (Lipinski definition) is 1. The Morgan fingerprint density at radius 2 is 2.00 bits per heavy atom. The topological polar surface area (TPSA) is 49.8 Å². The van der Waals surface area contributed by atoms with Crippen molar-refractivity contribution in [2.75, 3.05) is 0 Å². The normalized spacial score (nSPS) is 37.8. The summed E-state index contributed by atoms with van der Waals surface area (Å²) in [7, 11) is 0. The van der Waals surface area contributed by atoms with E-state index in [4.69, 9.17) is 4.74 Å². The Labute approximate surface area is 102 Å². The van der Waals surface area contributed by atoms with Crippen LogP contribution < -0.4 is 0 Å². The van der Waals surface area contributed by atoms with Gasteiger partial charge in [-0.3, -0.25) is 0 Å². The molecule has 1 saturated carbocycles. The van der Waals surface area contributed by atoms with Gasteiger partial charge in [0.05, 0.1) is 6.10 Å². The number of epoxide rings is 1. The van der Waals surface area contributed by atoms with Crippen molar-refractivity contribution in [2.24, 2.45) is 5.92 Å². The Bertz CT molecular complexity index is 379. The quantitative estimate of drug-likeness (QED) is 0.750. The Balaban J connectivity index is 1.92. The third-order valence-electron chi connectivity index (χ3n) is 4.92. The lowest BCUT2D eigenvalue weighted by Gasteiger charge is -2.32. The summed E-state index contributed by atoms with van der Waals surface area (Å²) in [5, 5.41) is 9.24. The van der Waals surface area contributed by atoms with Gasteiger partial charge in [-0.15, -0.1) is 0 Å². The van der Waals surface area contributed by atoms with Crippen molar-refractivity contribution in [1.82, 2.24) is 0 Å². The molecule has 3 heteroatoms. The molecule has 0 amide bonds. The van der Waals surface area contributed by atoms with Crippen LogP contribution in [0.15, 0.2) is 11.1 Å². The maximum Gasteiger partial charge on any atom is 0.331 e. The van der Waals surface area contributed by atoms with Gasteiger partial charge in [0.1, 0.15) is 5.60 Å². The molecule has 2 fully saturated rings. The van der Waals surface area contributed by atoms with Gasteiger partial charge in [-0.05, 0) is 44.1 Å². The van der Waals surface area contributed by atoms with Crippen LogP contribution in [0.2, 0.25) is 0 Å². The zero-order chi connectivity index (χ0) is 12.0. The van der Waals surface area contributed by atoms with Crippen molar-refractivity contribution >= 4 is 5.97 Å². The number of hydrogen-bond acceptors (Lipinski definition) is 2. The predicted molar refractivity (Wildman–Crippen MR) is 63.7 cm³/mol. The van der Waals surface area contributed by atoms with Gasteiger partial charge in [0.25, 0.3) is 0 Å². The molecule has 1 aliphatic heterocycles. The second-order valence-electron chi connectivity index (χ2n) is 5.68. The molecule has 2 atom stereocenters. The zero-order valence-corrected chi connectivity index (χ0v) is 10.4. The molecule has 0 spiro atoms. The van der Waals surface area contributed by atoms with Crippen LogP contribution in [0.5, 0.6) is 0 Å². The smallest absolute Gasteiger partial charge is 0.331 e. The van der Waals surface area contributed by atoms with Gasteiger partial charge in [-0.25, -0.2) is 4.79 Å². The van der Waals surface area contributed by atoms with Gasteiger partial charge in [0.15, 0.2) is 0 Å². The second-order valence-corrected chi connectivity index (χ2v) is 5.68. The molecule has 0 aromatic heterocycles. The van der Waals surface area contributed by atoms with Gasteiger partial charge >= 0.3 is 5.97 Å². The number of carboxylic acid groups (broad SMARTS) is 1. The molecule has 17 heavy (non-hydrogen) atoms. The minimum Gasteiger partial charge on any atom is -0.478 e. The molecule has 2 aliphatic carbocycles. The van der Waals surface area contributed by atoms with Crippen molar-refractivity contribution in [3.05, 3.63) is 11.1 Å². The maximum absolute atomic E-state index is 11.2. The number of fused-ring (bicyclic) bond motifs is 1. The molecule has 3 aliphatic rings. The van der Waals surface area contributed by atoms with E-state index in [1.54, 1.807) is 0 Å². The molecular weight excluding hydrogens is 216 g/mol. The van der Waals surface area contributed by atoms with Gasteiger partial charge < -0.3 is 9.84 Å². The van der Waals surface area contributed by atoms with E-state index in [1.807, 2.05) is 6.92 Å². The highest BCUT2D eigenvalue weighted by molar-refractivity contribution is 5.88. The Hall–Kier alpha value is -0.830. The summed E-state index contributed by atoms with van der Waals surface area (Å²) in [6.45, 7) is 1.98. The molecule has 0 bridgehead atoms. The average Bonchev–Trinajstić information content (AvgIpc) is 3.07. The van der Waals surface area contributed by atoms with E-state index >= 15 is 0 Å². The van der Waals surface area contributed by atoms with E-state index < -0.39 is 5.97 Å². The van der Waals surface area contributed by atoms with Crippen LogP contribution in [-0.2, 0) is 9.53 Å². The minimum absolute atomic E-state index is 0.174. The summed E-state index contributed by atoms with van der Waals surface area (Å²) in [6, 6.07) is 0. The van der Waals surface area contributed by atoms with Crippen molar-refractivity contribution in [1.29, 1.82) is 0 Å². The molecule has 94 valence electrons. The number of rotatable bonds is 2. The first-order valence-corrected chi connectivity index (χ1v) is 6.77. The van der Waals surface area contributed by atoms with E-state index in [2.05, 4.69) is 0 Å². The Kier molecular flexibility index (Phi) is 2.54. The molecule has 1 saturated heterocycles. The van der Waals surface area contributed by atoms with Crippen LogP contribution in [0.25, 0.3) is 0 Å². The van der Waals surface area contributed by atoms with Crippen LogP contribution in [0.4, 0.5) is 0 Å². The molecule has 0 radical (unpaired) electrons. The van der Waals surface area contributed by atoms with Crippen molar-refractivity contribution < 1.29 is 14.6 Å². The Morgan fingerprint density at radius 3 is 2.65 bits per heavy atom. The lowest BCUT2D eigenvalue weighted by atomic mass is 9.70. The molecular formula is C14H20O3. The van der Waals surface area contributed by atoms with Gasteiger partial charge in [-0.2, -0.15) is 0 Å². The van der Waals surface area contributed by atoms with Crippen LogP contribution in [0.3, 0.4) is 0 Å². The fourth-order valence-electron chi connectivity index (χ4n) is 3.97. The lowest BCUT2D eigenvalue weighted by Crippen LogP contribution is -2.34. The SMILES string of the molecule is CC1=C(C(=O)O)CCC2OC12C1CCCCC1.